The van der Waals surface area contributed by atoms with Crippen molar-refractivity contribution < 1.29 is 4.39 Å². The molecule has 3 rings (SSSR count). The summed E-state index contributed by atoms with van der Waals surface area (Å²) in [7, 11) is 0. The summed E-state index contributed by atoms with van der Waals surface area (Å²) in [6.45, 7) is 4.53. The molecule has 0 saturated heterocycles. The molecule has 2 aromatic carbocycles. The maximum atomic E-state index is 12.9. The molecule has 0 saturated carbocycles. The van der Waals surface area contributed by atoms with Crippen molar-refractivity contribution in [2.24, 2.45) is 0 Å². The molecule has 0 aromatic heterocycles. The first-order valence-corrected chi connectivity index (χ1v) is 6.07. The lowest BCUT2D eigenvalue weighted by Gasteiger charge is -2.37. The first-order valence-electron chi connectivity index (χ1n) is 6.07. The number of hydrogen-bond donors (Lipinski definition) is 0. The molecule has 1 aliphatic rings. The van der Waals surface area contributed by atoms with E-state index < -0.39 is 0 Å². The fourth-order valence-electron chi connectivity index (χ4n) is 2.79. The zero-order chi connectivity index (χ0) is 12.0. The predicted octanol–water partition coefficient (Wildman–Crippen LogP) is 4.71. The van der Waals surface area contributed by atoms with Crippen LogP contribution in [0.25, 0.3) is 11.1 Å². The highest BCUT2D eigenvalue weighted by Gasteiger charge is 2.32. The van der Waals surface area contributed by atoms with Crippen molar-refractivity contribution in [3.8, 4) is 11.1 Å². The van der Waals surface area contributed by atoms with E-state index in [4.69, 9.17) is 0 Å². The summed E-state index contributed by atoms with van der Waals surface area (Å²) in [5, 5.41) is 0. The van der Waals surface area contributed by atoms with E-state index in [1.54, 1.807) is 0 Å². The van der Waals surface area contributed by atoms with E-state index in [0.717, 1.165) is 5.56 Å². The highest BCUT2D eigenvalue weighted by molar-refractivity contribution is 5.72. The Kier molecular flexibility index (Phi) is 2.29. The Morgan fingerprint density at radius 1 is 0.882 bits per heavy atom. The van der Waals surface area contributed by atoms with Crippen LogP contribution in [0.2, 0.25) is 0 Å². The summed E-state index contributed by atoms with van der Waals surface area (Å²) in [5.74, 6) is 1.07. The Labute approximate surface area is 101 Å². The molecule has 0 fully saturated rings. The van der Waals surface area contributed by atoms with E-state index >= 15 is 0 Å². The average Bonchev–Trinajstić information content (AvgIpc) is 2.38. The van der Waals surface area contributed by atoms with Gasteiger partial charge in [0, 0.05) is 0 Å². The summed E-state index contributed by atoms with van der Waals surface area (Å²) >= 11 is 0. The molecule has 0 amide bonds. The predicted molar refractivity (Wildman–Crippen MR) is 68.7 cm³/mol. The topological polar surface area (TPSA) is 0 Å². The Hall–Kier alpha value is -1.63. The first kappa shape index (κ1) is 10.5. The van der Waals surface area contributed by atoms with Crippen molar-refractivity contribution >= 4 is 0 Å². The van der Waals surface area contributed by atoms with Gasteiger partial charge >= 0.3 is 0 Å². The fraction of sp³-hybridized carbons (Fsp3) is 0.250. The summed E-state index contributed by atoms with van der Waals surface area (Å²) in [6.07, 6.45) is 0. The van der Waals surface area contributed by atoms with Gasteiger partial charge in [-0.3, -0.25) is 0 Å². The van der Waals surface area contributed by atoms with Crippen LogP contribution < -0.4 is 0 Å². The van der Waals surface area contributed by atoms with E-state index in [0.29, 0.717) is 11.8 Å². The lowest BCUT2D eigenvalue weighted by molar-refractivity contribution is 0.544. The summed E-state index contributed by atoms with van der Waals surface area (Å²) in [5.41, 5.74) is 5.25. The van der Waals surface area contributed by atoms with Gasteiger partial charge in [-0.05, 0) is 46.2 Å². The molecule has 2 atom stereocenters. The Morgan fingerprint density at radius 3 is 2.29 bits per heavy atom. The van der Waals surface area contributed by atoms with Gasteiger partial charge in [-0.1, -0.05) is 44.2 Å². The number of benzene rings is 2. The lowest BCUT2D eigenvalue weighted by atomic mass is 9.67. The largest absolute Gasteiger partial charge is 0.207 e. The highest BCUT2D eigenvalue weighted by atomic mass is 19.1. The first-order chi connectivity index (χ1) is 8.18. The monoisotopic (exact) mass is 226 g/mol. The van der Waals surface area contributed by atoms with Crippen molar-refractivity contribution in [2.45, 2.75) is 25.7 Å². The van der Waals surface area contributed by atoms with Gasteiger partial charge in [0.1, 0.15) is 5.82 Å². The fourth-order valence-corrected chi connectivity index (χ4v) is 2.79. The maximum absolute atomic E-state index is 12.9. The third-order valence-corrected chi connectivity index (χ3v) is 3.99. The number of hydrogen-bond acceptors (Lipinski definition) is 0. The minimum Gasteiger partial charge on any atom is -0.207 e. The molecule has 0 nitrogen and oxygen atoms in total. The Bertz CT molecular complexity index is 554. The molecule has 0 bridgehead atoms. The van der Waals surface area contributed by atoms with Crippen LogP contribution >= 0.6 is 0 Å². The van der Waals surface area contributed by atoms with Crippen LogP contribution in [0.15, 0.2) is 42.5 Å². The van der Waals surface area contributed by atoms with Crippen LogP contribution in [0.1, 0.15) is 36.8 Å². The van der Waals surface area contributed by atoms with E-state index in [9.17, 15) is 4.39 Å². The second-order valence-corrected chi connectivity index (χ2v) is 4.89. The van der Waals surface area contributed by atoms with Gasteiger partial charge < -0.3 is 0 Å². The van der Waals surface area contributed by atoms with Gasteiger partial charge in [-0.15, -0.1) is 0 Å². The van der Waals surface area contributed by atoms with Crippen LogP contribution in [-0.4, -0.2) is 0 Å². The Morgan fingerprint density at radius 2 is 1.59 bits per heavy atom. The SMILES string of the molecule is CC1c2cccc(-c3ccc(F)cc3)c2C1C. The third kappa shape index (κ3) is 1.49. The minimum atomic E-state index is -0.176. The molecular formula is C16H15F. The average molecular weight is 226 g/mol. The normalized spacial score (nSPS) is 21.8. The van der Waals surface area contributed by atoms with Crippen LogP contribution in [0.5, 0.6) is 0 Å². The summed E-state index contributed by atoms with van der Waals surface area (Å²) in [4.78, 5) is 0. The molecule has 0 N–H and O–H groups in total. The van der Waals surface area contributed by atoms with Gasteiger partial charge in [0.15, 0.2) is 0 Å². The highest BCUT2D eigenvalue weighted by Crippen LogP contribution is 2.50. The van der Waals surface area contributed by atoms with Crippen LogP contribution in [0.4, 0.5) is 4.39 Å². The van der Waals surface area contributed by atoms with Gasteiger partial charge in [0.05, 0.1) is 0 Å². The molecule has 0 spiro atoms. The van der Waals surface area contributed by atoms with Gasteiger partial charge in [0.2, 0.25) is 0 Å². The molecule has 0 radical (unpaired) electrons. The molecule has 2 aromatic rings. The number of fused-ring (bicyclic) bond motifs is 1. The van der Waals surface area contributed by atoms with E-state index in [2.05, 4.69) is 32.0 Å². The van der Waals surface area contributed by atoms with E-state index in [1.807, 2.05) is 12.1 Å². The van der Waals surface area contributed by atoms with Crippen LogP contribution in [-0.2, 0) is 0 Å². The zero-order valence-electron chi connectivity index (χ0n) is 10.1. The molecule has 2 unspecified atom stereocenters. The lowest BCUT2D eigenvalue weighted by Crippen LogP contribution is -2.20. The molecule has 0 heterocycles. The molecule has 17 heavy (non-hydrogen) atoms. The van der Waals surface area contributed by atoms with Gasteiger partial charge in [-0.25, -0.2) is 4.39 Å². The standard InChI is InChI=1S/C16H15F/c1-10-11(2)16-14(10)4-3-5-15(16)12-6-8-13(17)9-7-12/h3-11H,1-2H3. The van der Waals surface area contributed by atoms with Crippen molar-refractivity contribution in [3.63, 3.8) is 0 Å². The third-order valence-electron chi connectivity index (χ3n) is 3.99. The molecule has 1 aliphatic carbocycles. The molecule has 0 aliphatic heterocycles. The smallest absolute Gasteiger partial charge is 0.123 e. The number of halogens is 1. The van der Waals surface area contributed by atoms with Gasteiger partial charge in [-0.2, -0.15) is 0 Å². The van der Waals surface area contributed by atoms with Crippen molar-refractivity contribution in [3.05, 3.63) is 59.4 Å². The second-order valence-electron chi connectivity index (χ2n) is 4.89. The minimum absolute atomic E-state index is 0.176. The van der Waals surface area contributed by atoms with Gasteiger partial charge in [0.25, 0.3) is 0 Å². The maximum Gasteiger partial charge on any atom is 0.123 e. The van der Waals surface area contributed by atoms with Crippen molar-refractivity contribution in [1.29, 1.82) is 0 Å². The van der Waals surface area contributed by atoms with Crippen molar-refractivity contribution in [1.82, 2.24) is 0 Å². The van der Waals surface area contributed by atoms with Crippen LogP contribution in [0.3, 0.4) is 0 Å². The van der Waals surface area contributed by atoms with E-state index in [1.165, 1.54) is 28.8 Å². The Balaban J connectivity index is 2.14. The molecule has 1 heteroatoms. The summed E-state index contributed by atoms with van der Waals surface area (Å²) < 4.78 is 12.9. The second kappa shape index (κ2) is 3.69. The van der Waals surface area contributed by atoms with Crippen LogP contribution in [0, 0.1) is 5.82 Å². The number of rotatable bonds is 1. The van der Waals surface area contributed by atoms with Crippen molar-refractivity contribution in [2.75, 3.05) is 0 Å². The molecular weight excluding hydrogens is 211 g/mol. The van der Waals surface area contributed by atoms with E-state index in [-0.39, 0.29) is 5.82 Å². The zero-order valence-corrected chi connectivity index (χ0v) is 10.1. The molecule has 86 valence electrons. The summed E-state index contributed by atoms with van der Waals surface area (Å²) in [6, 6.07) is 13.2. The quantitative estimate of drug-likeness (QED) is 0.660.